The average molecular weight is 366 g/mol. The maximum Gasteiger partial charge on any atom is 0.0576 e. The highest BCUT2D eigenvalue weighted by Crippen LogP contribution is 2.67. The first kappa shape index (κ1) is 17.9. The van der Waals surface area contributed by atoms with Crippen molar-refractivity contribution >= 4 is 5.57 Å². The summed E-state index contributed by atoms with van der Waals surface area (Å²) in [6.45, 7) is 7.19. The summed E-state index contributed by atoms with van der Waals surface area (Å²) in [6.07, 6.45) is 16.6. The van der Waals surface area contributed by atoms with Gasteiger partial charge in [-0.15, -0.1) is 0 Å². The van der Waals surface area contributed by atoms with Gasteiger partial charge in [-0.1, -0.05) is 32.8 Å². The number of aliphatic hydroxyl groups excluding tert-OH is 1. The quantitative estimate of drug-likeness (QED) is 0.683. The molecular formula is C25H35NO. The molecule has 3 fully saturated rings. The highest BCUT2D eigenvalue weighted by atomic mass is 16.3. The molecule has 1 heterocycles. The number of hydrogen-bond acceptors (Lipinski definition) is 2. The molecule has 1 aromatic rings. The normalized spacial score (nSPS) is 46.2. The van der Waals surface area contributed by atoms with Gasteiger partial charge in [0.05, 0.1) is 6.10 Å². The fourth-order valence-corrected chi connectivity index (χ4v) is 8.07. The predicted octanol–water partition coefficient (Wildman–Crippen LogP) is 5.79. The Labute approximate surface area is 164 Å². The molecule has 5 rings (SSSR count). The molecule has 0 amide bonds. The zero-order valence-electron chi connectivity index (χ0n) is 17.2. The van der Waals surface area contributed by atoms with Gasteiger partial charge >= 0.3 is 0 Å². The van der Waals surface area contributed by atoms with E-state index in [0.717, 1.165) is 12.3 Å². The van der Waals surface area contributed by atoms with Crippen molar-refractivity contribution in [3.8, 4) is 0 Å². The minimum atomic E-state index is -0.0800. The van der Waals surface area contributed by atoms with E-state index >= 15 is 0 Å². The molecule has 3 unspecified atom stereocenters. The van der Waals surface area contributed by atoms with E-state index in [1.54, 1.807) is 0 Å². The van der Waals surface area contributed by atoms with Crippen LogP contribution in [0.3, 0.4) is 0 Å². The first-order chi connectivity index (χ1) is 12.9. The number of pyridine rings is 1. The number of fused-ring (bicyclic) bond motifs is 5. The molecule has 0 spiro atoms. The largest absolute Gasteiger partial charge is 0.393 e. The molecule has 2 heteroatoms. The van der Waals surface area contributed by atoms with E-state index in [0.29, 0.717) is 23.2 Å². The molecule has 27 heavy (non-hydrogen) atoms. The van der Waals surface area contributed by atoms with Crippen LogP contribution in [0.1, 0.15) is 76.3 Å². The maximum absolute atomic E-state index is 11.1. The van der Waals surface area contributed by atoms with Crippen molar-refractivity contribution in [2.45, 2.75) is 78.2 Å². The predicted molar refractivity (Wildman–Crippen MR) is 110 cm³/mol. The fourth-order valence-electron chi connectivity index (χ4n) is 8.07. The van der Waals surface area contributed by atoms with Gasteiger partial charge in [0.15, 0.2) is 0 Å². The van der Waals surface area contributed by atoms with E-state index in [1.807, 2.05) is 6.20 Å². The van der Waals surface area contributed by atoms with Crippen LogP contribution in [0, 0.1) is 41.4 Å². The zero-order chi connectivity index (χ0) is 18.8. The summed E-state index contributed by atoms with van der Waals surface area (Å²) in [5, 5.41) is 11.1. The number of aryl methyl sites for hydroxylation is 1. The van der Waals surface area contributed by atoms with Crippen molar-refractivity contribution < 1.29 is 5.11 Å². The second kappa shape index (κ2) is 6.17. The highest BCUT2D eigenvalue weighted by molar-refractivity contribution is 5.72. The molecule has 0 aromatic carbocycles. The van der Waals surface area contributed by atoms with Gasteiger partial charge in [0.25, 0.3) is 0 Å². The molecule has 4 aliphatic rings. The van der Waals surface area contributed by atoms with Crippen LogP contribution in [-0.2, 0) is 0 Å². The molecule has 4 aliphatic carbocycles. The summed E-state index contributed by atoms with van der Waals surface area (Å²) in [5.41, 5.74) is 4.74. The molecule has 0 bridgehead atoms. The van der Waals surface area contributed by atoms with Crippen LogP contribution in [0.4, 0.5) is 0 Å². The third kappa shape index (κ3) is 2.51. The lowest BCUT2D eigenvalue weighted by Gasteiger charge is -2.61. The van der Waals surface area contributed by atoms with Crippen LogP contribution in [0.15, 0.2) is 24.5 Å². The van der Waals surface area contributed by atoms with Crippen LogP contribution >= 0.6 is 0 Å². The number of rotatable bonds is 1. The zero-order valence-corrected chi connectivity index (χ0v) is 17.2. The molecule has 7 atom stereocenters. The first-order valence-electron chi connectivity index (χ1n) is 11.2. The molecule has 0 aliphatic heterocycles. The van der Waals surface area contributed by atoms with Crippen LogP contribution in [-0.4, -0.2) is 16.2 Å². The Balaban J connectivity index is 1.48. The van der Waals surface area contributed by atoms with Gasteiger partial charge < -0.3 is 5.11 Å². The Kier molecular flexibility index (Phi) is 4.10. The van der Waals surface area contributed by atoms with E-state index in [9.17, 15) is 5.11 Å². The smallest absolute Gasteiger partial charge is 0.0576 e. The lowest BCUT2D eigenvalue weighted by atomic mass is 9.44. The molecule has 3 saturated carbocycles. The average Bonchev–Trinajstić information content (AvgIpc) is 2.99. The van der Waals surface area contributed by atoms with Gasteiger partial charge in [0.1, 0.15) is 0 Å². The van der Waals surface area contributed by atoms with E-state index in [2.05, 4.69) is 44.1 Å². The molecule has 1 N–H and O–H groups in total. The third-order valence-corrected chi connectivity index (χ3v) is 9.36. The third-order valence-electron chi connectivity index (χ3n) is 9.36. The highest BCUT2D eigenvalue weighted by Gasteiger charge is 2.60. The van der Waals surface area contributed by atoms with Gasteiger partial charge in [-0.3, -0.25) is 4.98 Å². The van der Waals surface area contributed by atoms with E-state index in [1.165, 1.54) is 61.6 Å². The van der Waals surface area contributed by atoms with E-state index in [4.69, 9.17) is 0 Å². The second-order valence-electron chi connectivity index (χ2n) is 10.6. The van der Waals surface area contributed by atoms with E-state index < -0.39 is 0 Å². The Bertz CT molecular complexity index is 769. The SMILES string of the molecule is Cc1cncc(C2=CC[C@H]3[C@@H]4CC(O)C5CCCC[C@]5(C)C4CC[C@]23C)c1. The van der Waals surface area contributed by atoms with Gasteiger partial charge in [0, 0.05) is 12.4 Å². The minimum absolute atomic E-state index is 0.0800. The molecule has 146 valence electrons. The number of hydrogen-bond donors (Lipinski definition) is 1. The Morgan fingerprint density at radius 3 is 2.70 bits per heavy atom. The van der Waals surface area contributed by atoms with Gasteiger partial charge in [-0.05, 0) is 103 Å². The summed E-state index contributed by atoms with van der Waals surface area (Å²) in [7, 11) is 0. The summed E-state index contributed by atoms with van der Waals surface area (Å²) in [4.78, 5) is 4.48. The molecule has 2 nitrogen and oxygen atoms in total. The molecule has 0 saturated heterocycles. The monoisotopic (exact) mass is 365 g/mol. The van der Waals surface area contributed by atoms with Crippen molar-refractivity contribution in [3.05, 3.63) is 35.7 Å². The van der Waals surface area contributed by atoms with Crippen LogP contribution in [0.2, 0.25) is 0 Å². The summed E-state index contributed by atoms with van der Waals surface area (Å²) < 4.78 is 0. The number of aliphatic hydroxyl groups is 1. The van der Waals surface area contributed by atoms with Crippen molar-refractivity contribution in [2.75, 3.05) is 0 Å². The lowest BCUT2D eigenvalue weighted by molar-refractivity contribution is -0.148. The van der Waals surface area contributed by atoms with Crippen molar-refractivity contribution in [1.82, 2.24) is 4.98 Å². The topological polar surface area (TPSA) is 33.1 Å². The maximum atomic E-state index is 11.1. The Morgan fingerprint density at radius 2 is 1.89 bits per heavy atom. The van der Waals surface area contributed by atoms with Crippen molar-refractivity contribution in [3.63, 3.8) is 0 Å². The van der Waals surface area contributed by atoms with Gasteiger partial charge in [0.2, 0.25) is 0 Å². The van der Waals surface area contributed by atoms with Crippen LogP contribution in [0.5, 0.6) is 0 Å². The van der Waals surface area contributed by atoms with Crippen molar-refractivity contribution in [1.29, 1.82) is 0 Å². The molecular weight excluding hydrogens is 330 g/mol. The van der Waals surface area contributed by atoms with Crippen LogP contribution in [0.25, 0.3) is 5.57 Å². The van der Waals surface area contributed by atoms with Gasteiger partial charge in [-0.25, -0.2) is 0 Å². The Hall–Kier alpha value is -1.15. The number of allylic oxidation sites excluding steroid dienone is 2. The minimum Gasteiger partial charge on any atom is -0.393 e. The fraction of sp³-hybridized carbons (Fsp3) is 0.720. The van der Waals surface area contributed by atoms with E-state index in [-0.39, 0.29) is 11.5 Å². The molecule has 0 radical (unpaired) electrons. The first-order valence-corrected chi connectivity index (χ1v) is 11.2. The summed E-state index contributed by atoms with van der Waals surface area (Å²) in [6, 6.07) is 2.31. The summed E-state index contributed by atoms with van der Waals surface area (Å²) >= 11 is 0. The van der Waals surface area contributed by atoms with Crippen molar-refractivity contribution in [2.24, 2.45) is 34.5 Å². The number of nitrogens with zero attached hydrogens (tertiary/aromatic N) is 1. The van der Waals surface area contributed by atoms with Gasteiger partial charge in [-0.2, -0.15) is 0 Å². The lowest BCUT2D eigenvalue weighted by Crippen LogP contribution is -2.56. The summed E-state index contributed by atoms with van der Waals surface area (Å²) in [5.74, 6) is 2.74. The molecule has 1 aromatic heterocycles. The number of aromatic nitrogens is 1. The standard InChI is InChI=1S/C25H35NO/c1-16-12-17(15-26-14-16)19-7-8-20-18-13-23(27)22-6-4-5-10-24(22,2)21(18)9-11-25(19,20)3/h7,12,14-15,18,20-23,27H,4-6,8-11,13H2,1-3H3/t18-,20-,21?,22?,23?,24+,25+/m0/s1. The van der Waals surface area contributed by atoms with Crippen LogP contribution < -0.4 is 0 Å². The Morgan fingerprint density at radius 1 is 1.04 bits per heavy atom. The second-order valence-corrected chi connectivity index (χ2v) is 10.6.